The van der Waals surface area contributed by atoms with E-state index in [1.54, 1.807) is 17.5 Å². The van der Waals surface area contributed by atoms with Crippen molar-refractivity contribution in [3.05, 3.63) is 22.4 Å². The first-order valence-electron chi connectivity index (χ1n) is 4.99. The second-order valence-corrected chi connectivity index (χ2v) is 6.35. The number of nitrogens with two attached hydrogens (primary N) is 1. The predicted octanol–water partition coefficient (Wildman–Crippen LogP) is 0.735. The van der Waals surface area contributed by atoms with Gasteiger partial charge < -0.3 is 5.73 Å². The number of anilines is 1. The molecular weight excluding hydrogens is 306 g/mol. The van der Waals surface area contributed by atoms with E-state index in [0.29, 0.717) is 14.3 Å². The molecule has 0 saturated carbocycles. The van der Waals surface area contributed by atoms with E-state index < -0.39 is 0 Å². The number of carbonyl (C=O) groups is 2. The van der Waals surface area contributed by atoms with Crippen molar-refractivity contribution in [1.29, 1.82) is 0 Å². The summed E-state index contributed by atoms with van der Waals surface area (Å²) in [4.78, 5) is 23.5. The Balaban J connectivity index is 1.71. The highest BCUT2D eigenvalue weighted by Gasteiger charge is 2.09. The summed E-state index contributed by atoms with van der Waals surface area (Å²) in [6.45, 7) is 0. The van der Waals surface area contributed by atoms with Crippen LogP contribution >= 0.6 is 34.4 Å². The Morgan fingerprint density at radius 2 is 2.21 bits per heavy atom. The maximum atomic E-state index is 11.5. The lowest BCUT2D eigenvalue weighted by Gasteiger charge is -2.04. The van der Waals surface area contributed by atoms with E-state index >= 15 is 0 Å². The first kappa shape index (κ1) is 13.8. The number of rotatable bonds is 4. The fraction of sp³-hybridized carbons (Fsp3) is 0.111. The summed E-state index contributed by atoms with van der Waals surface area (Å²) in [6, 6.07) is 3.43. The molecule has 0 saturated heterocycles. The molecule has 0 radical (unpaired) electrons. The van der Waals surface area contributed by atoms with Crippen molar-refractivity contribution >= 4 is 51.4 Å². The van der Waals surface area contributed by atoms with Crippen LogP contribution in [0.25, 0.3) is 0 Å². The topological polar surface area (TPSA) is 110 Å². The fourth-order valence-electron chi connectivity index (χ4n) is 1.04. The molecule has 0 spiro atoms. The largest absolute Gasteiger partial charge is 0.374 e. The number of amides is 2. The average Bonchev–Trinajstić information content (AvgIpc) is 3.04. The molecule has 0 aliphatic carbocycles. The summed E-state index contributed by atoms with van der Waals surface area (Å²) < 4.78 is 0.609. The number of nitrogens with zero attached hydrogens (tertiary/aromatic N) is 2. The number of hydrazine groups is 1. The predicted molar refractivity (Wildman–Crippen MR) is 75.0 cm³/mol. The van der Waals surface area contributed by atoms with Gasteiger partial charge in [0.25, 0.3) is 5.91 Å². The fourth-order valence-corrected chi connectivity index (χ4v) is 3.09. The number of hydrogen-bond acceptors (Lipinski definition) is 8. The lowest BCUT2D eigenvalue weighted by Crippen LogP contribution is -2.42. The lowest BCUT2D eigenvalue weighted by molar-refractivity contribution is -0.119. The Morgan fingerprint density at radius 1 is 1.37 bits per heavy atom. The molecule has 19 heavy (non-hydrogen) atoms. The molecular formula is C9H9N5O2S3. The summed E-state index contributed by atoms with van der Waals surface area (Å²) >= 11 is 3.70. The van der Waals surface area contributed by atoms with Crippen LogP contribution in [-0.4, -0.2) is 27.8 Å². The van der Waals surface area contributed by atoms with Crippen molar-refractivity contribution in [1.82, 2.24) is 21.0 Å². The zero-order chi connectivity index (χ0) is 13.7. The highest BCUT2D eigenvalue weighted by atomic mass is 32.2. The molecule has 0 aliphatic rings. The van der Waals surface area contributed by atoms with E-state index in [-0.39, 0.29) is 17.6 Å². The van der Waals surface area contributed by atoms with Crippen LogP contribution < -0.4 is 16.6 Å². The number of nitrogens with one attached hydrogen (secondary N) is 2. The number of aromatic nitrogens is 2. The van der Waals surface area contributed by atoms with Crippen LogP contribution in [0.5, 0.6) is 0 Å². The van der Waals surface area contributed by atoms with Crippen LogP contribution in [0.4, 0.5) is 5.13 Å². The van der Waals surface area contributed by atoms with Crippen molar-refractivity contribution in [3.8, 4) is 0 Å². The highest BCUT2D eigenvalue weighted by molar-refractivity contribution is 8.01. The minimum atomic E-state index is -0.339. The van der Waals surface area contributed by atoms with Gasteiger partial charge in [0.2, 0.25) is 11.0 Å². The number of thioether (sulfide) groups is 1. The van der Waals surface area contributed by atoms with Gasteiger partial charge in [0.05, 0.1) is 10.6 Å². The second-order valence-electron chi connectivity index (χ2n) is 3.17. The molecule has 2 aromatic heterocycles. The van der Waals surface area contributed by atoms with Gasteiger partial charge in [-0.3, -0.25) is 20.4 Å². The minimum absolute atomic E-state index is 0.124. The number of hydrogen-bond donors (Lipinski definition) is 3. The smallest absolute Gasteiger partial charge is 0.279 e. The minimum Gasteiger partial charge on any atom is -0.374 e. The van der Waals surface area contributed by atoms with E-state index in [9.17, 15) is 9.59 Å². The first-order chi connectivity index (χ1) is 9.15. The van der Waals surface area contributed by atoms with Gasteiger partial charge >= 0.3 is 0 Å². The maximum Gasteiger partial charge on any atom is 0.279 e. The molecule has 2 aromatic rings. The molecule has 0 aromatic carbocycles. The van der Waals surface area contributed by atoms with Crippen LogP contribution in [0, 0.1) is 0 Å². The van der Waals surface area contributed by atoms with Gasteiger partial charge in [-0.15, -0.1) is 21.5 Å². The van der Waals surface area contributed by atoms with E-state index in [1.807, 2.05) is 0 Å². The summed E-state index contributed by atoms with van der Waals surface area (Å²) in [6.07, 6.45) is 0. The van der Waals surface area contributed by atoms with Crippen molar-refractivity contribution < 1.29 is 9.59 Å². The van der Waals surface area contributed by atoms with Crippen molar-refractivity contribution in [2.45, 2.75) is 4.34 Å². The number of thiophene rings is 1. The molecule has 10 heteroatoms. The Kier molecular flexibility index (Phi) is 4.71. The van der Waals surface area contributed by atoms with Crippen LogP contribution in [0.2, 0.25) is 0 Å². The maximum absolute atomic E-state index is 11.5. The summed E-state index contributed by atoms with van der Waals surface area (Å²) in [7, 11) is 0. The molecule has 2 heterocycles. The molecule has 4 N–H and O–H groups in total. The molecule has 0 bridgehead atoms. The standard InChI is InChI=1S/C9H9N5O2S3/c10-8-13-14-9(19-8)18-4-6(15)11-12-7(16)5-2-1-3-17-5/h1-3H,4H2,(H2,10,13)(H,11,15)(H,12,16). The first-order valence-corrected chi connectivity index (χ1v) is 7.68. The molecule has 0 fully saturated rings. The Labute approximate surface area is 120 Å². The quantitative estimate of drug-likeness (QED) is 0.567. The SMILES string of the molecule is Nc1nnc(SCC(=O)NNC(=O)c2cccs2)s1. The molecule has 0 aliphatic heterocycles. The van der Waals surface area contributed by atoms with Gasteiger partial charge in [-0.2, -0.15) is 0 Å². The molecule has 0 atom stereocenters. The molecule has 7 nitrogen and oxygen atoms in total. The van der Waals surface area contributed by atoms with Crippen LogP contribution in [0.3, 0.4) is 0 Å². The average molecular weight is 315 g/mol. The van der Waals surface area contributed by atoms with E-state index in [1.165, 1.54) is 34.4 Å². The third-order valence-corrected chi connectivity index (χ3v) is 4.56. The Morgan fingerprint density at radius 3 is 2.84 bits per heavy atom. The van der Waals surface area contributed by atoms with Crippen LogP contribution in [-0.2, 0) is 4.79 Å². The summed E-state index contributed by atoms with van der Waals surface area (Å²) in [5.41, 5.74) is 10.1. The van der Waals surface area contributed by atoms with Gasteiger partial charge in [-0.1, -0.05) is 29.2 Å². The normalized spacial score (nSPS) is 10.1. The molecule has 2 amide bonds. The summed E-state index contributed by atoms with van der Waals surface area (Å²) in [5.74, 6) is -0.545. The molecule has 0 unspecified atom stereocenters. The highest BCUT2D eigenvalue weighted by Crippen LogP contribution is 2.22. The van der Waals surface area contributed by atoms with Crippen molar-refractivity contribution in [2.75, 3.05) is 11.5 Å². The molecule has 100 valence electrons. The number of carbonyl (C=O) groups excluding carboxylic acids is 2. The number of nitrogen functional groups attached to an aromatic ring is 1. The third-order valence-electron chi connectivity index (χ3n) is 1.81. The third kappa shape index (κ3) is 4.19. The Hall–Kier alpha value is -1.65. The van der Waals surface area contributed by atoms with Gasteiger partial charge in [0, 0.05) is 0 Å². The lowest BCUT2D eigenvalue weighted by atomic mass is 10.4. The van der Waals surface area contributed by atoms with Crippen LogP contribution in [0.15, 0.2) is 21.9 Å². The van der Waals surface area contributed by atoms with Crippen molar-refractivity contribution in [3.63, 3.8) is 0 Å². The monoisotopic (exact) mass is 315 g/mol. The Bertz CT molecular complexity index is 568. The van der Waals surface area contributed by atoms with E-state index in [0.717, 1.165) is 0 Å². The van der Waals surface area contributed by atoms with Gasteiger partial charge in [0.15, 0.2) is 4.34 Å². The molecule has 2 rings (SSSR count). The van der Waals surface area contributed by atoms with Gasteiger partial charge in [0.1, 0.15) is 0 Å². The van der Waals surface area contributed by atoms with E-state index in [4.69, 9.17) is 5.73 Å². The van der Waals surface area contributed by atoms with Crippen LogP contribution in [0.1, 0.15) is 9.67 Å². The van der Waals surface area contributed by atoms with E-state index in [2.05, 4.69) is 21.0 Å². The zero-order valence-corrected chi connectivity index (χ0v) is 11.9. The van der Waals surface area contributed by atoms with Crippen molar-refractivity contribution in [2.24, 2.45) is 0 Å². The van der Waals surface area contributed by atoms with Gasteiger partial charge in [-0.25, -0.2) is 0 Å². The zero-order valence-electron chi connectivity index (χ0n) is 9.45. The second kappa shape index (κ2) is 6.50. The van der Waals surface area contributed by atoms with Gasteiger partial charge in [-0.05, 0) is 11.4 Å². The summed E-state index contributed by atoms with van der Waals surface area (Å²) in [5, 5.41) is 9.53.